The van der Waals surface area contributed by atoms with Gasteiger partial charge in [0, 0.05) is 0 Å². The van der Waals surface area contributed by atoms with Crippen molar-refractivity contribution >= 4 is 7.85 Å². The Labute approximate surface area is 52.4 Å². The lowest BCUT2D eigenvalue weighted by atomic mass is 9.77. The van der Waals surface area contributed by atoms with Crippen LogP contribution in [0.1, 0.15) is 19.8 Å². The Kier molecular flexibility index (Phi) is 1.77. The Hall–Kier alpha value is -0.195. The van der Waals surface area contributed by atoms with Crippen molar-refractivity contribution in [2.24, 2.45) is 5.92 Å². The number of allylic oxidation sites excluding steroid dienone is 2. The first-order valence-corrected chi connectivity index (χ1v) is 3.47. The van der Waals surface area contributed by atoms with Crippen molar-refractivity contribution in [3.63, 3.8) is 0 Å². The molecule has 0 aromatic heterocycles. The monoisotopic (exact) mass is 108 g/mol. The Morgan fingerprint density at radius 1 is 1.38 bits per heavy atom. The minimum absolute atomic E-state index is 0.839. The molecular formula is C7H13B. The Morgan fingerprint density at radius 2 is 2.12 bits per heavy atom. The SMILES string of the molecule is B[C@@H]1C=C[C@H](C)CC1. The van der Waals surface area contributed by atoms with E-state index in [1.54, 1.807) is 0 Å². The van der Waals surface area contributed by atoms with Crippen molar-refractivity contribution in [3.05, 3.63) is 12.2 Å². The summed E-state index contributed by atoms with van der Waals surface area (Å²) in [5.74, 6) is 1.68. The first-order valence-electron chi connectivity index (χ1n) is 3.47. The molecule has 1 aliphatic carbocycles. The van der Waals surface area contributed by atoms with Gasteiger partial charge in [0.2, 0.25) is 0 Å². The lowest BCUT2D eigenvalue weighted by Gasteiger charge is -2.15. The Morgan fingerprint density at radius 3 is 2.50 bits per heavy atom. The summed E-state index contributed by atoms with van der Waals surface area (Å²) in [6, 6.07) is 0. The second kappa shape index (κ2) is 2.39. The smallest absolute Gasteiger partial charge is 0.0931 e. The lowest BCUT2D eigenvalue weighted by molar-refractivity contribution is 0.584. The normalized spacial score (nSPS) is 37.6. The third-order valence-corrected chi connectivity index (χ3v) is 1.85. The maximum atomic E-state index is 2.33. The predicted molar refractivity (Wildman–Crippen MR) is 39.8 cm³/mol. The largest absolute Gasteiger partial charge is 0.110 e. The van der Waals surface area contributed by atoms with Crippen LogP contribution in [-0.2, 0) is 0 Å². The summed E-state index contributed by atoms with van der Waals surface area (Å²) in [6.45, 7) is 2.28. The number of rotatable bonds is 0. The molecule has 0 aliphatic heterocycles. The van der Waals surface area contributed by atoms with E-state index < -0.39 is 0 Å². The van der Waals surface area contributed by atoms with Gasteiger partial charge < -0.3 is 0 Å². The second-order valence-electron chi connectivity index (χ2n) is 2.92. The van der Waals surface area contributed by atoms with Gasteiger partial charge in [-0.3, -0.25) is 0 Å². The molecule has 0 nitrogen and oxygen atoms in total. The average molecular weight is 108 g/mol. The first kappa shape index (κ1) is 5.93. The zero-order valence-corrected chi connectivity index (χ0v) is 5.72. The molecule has 0 N–H and O–H groups in total. The number of hydrogen-bond donors (Lipinski definition) is 0. The third-order valence-electron chi connectivity index (χ3n) is 1.85. The summed E-state index contributed by atoms with van der Waals surface area (Å²) in [6.07, 6.45) is 7.43. The molecule has 0 bridgehead atoms. The van der Waals surface area contributed by atoms with Crippen LogP contribution in [0.15, 0.2) is 12.2 Å². The Balaban J connectivity index is 2.42. The quantitative estimate of drug-likeness (QED) is 0.325. The minimum Gasteiger partial charge on any atom is -0.0931 e. The maximum absolute atomic E-state index is 2.33. The molecule has 0 saturated carbocycles. The zero-order chi connectivity index (χ0) is 5.98. The van der Waals surface area contributed by atoms with Crippen molar-refractivity contribution in [1.29, 1.82) is 0 Å². The molecule has 1 rings (SSSR count). The summed E-state index contributed by atoms with van der Waals surface area (Å²) in [5, 5.41) is 0. The van der Waals surface area contributed by atoms with E-state index in [4.69, 9.17) is 0 Å². The van der Waals surface area contributed by atoms with E-state index in [-0.39, 0.29) is 0 Å². The van der Waals surface area contributed by atoms with Crippen LogP contribution in [0.2, 0.25) is 5.82 Å². The van der Waals surface area contributed by atoms with Crippen LogP contribution in [0.5, 0.6) is 0 Å². The molecule has 44 valence electrons. The molecular weight excluding hydrogens is 94.9 g/mol. The van der Waals surface area contributed by atoms with Crippen molar-refractivity contribution in [1.82, 2.24) is 0 Å². The molecule has 0 unspecified atom stereocenters. The van der Waals surface area contributed by atoms with Crippen molar-refractivity contribution in [3.8, 4) is 0 Å². The summed E-state index contributed by atoms with van der Waals surface area (Å²) >= 11 is 0. The van der Waals surface area contributed by atoms with E-state index >= 15 is 0 Å². The first-order chi connectivity index (χ1) is 3.79. The summed E-state index contributed by atoms with van der Waals surface area (Å²) < 4.78 is 0. The van der Waals surface area contributed by atoms with Crippen LogP contribution in [0.4, 0.5) is 0 Å². The van der Waals surface area contributed by atoms with E-state index in [1.165, 1.54) is 12.8 Å². The molecule has 0 heterocycles. The highest BCUT2D eigenvalue weighted by Crippen LogP contribution is 2.22. The van der Waals surface area contributed by atoms with Crippen LogP contribution in [0, 0.1) is 5.92 Å². The van der Waals surface area contributed by atoms with E-state index in [1.807, 2.05) is 0 Å². The summed E-state index contributed by atoms with van der Waals surface area (Å²) in [4.78, 5) is 0. The highest BCUT2D eigenvalue weighted by Gasteiger charge is 2.06. The van der Waals surface area contributed by atoms with E-state index in [9.17, 15) is 0 Å². The highest BCUT2D eigenvalue weighted by atomic mass is 14.1. The van der Waals surface area contributed by atoms with Crippen LogP contribution in [-0.4, -0.2) is 7.85 Å². The van der Waals surface area contributed by atoms with Gasteiger partial charge in [0.25, 0.3) is 0 Å². The average Bonchev–Trinajstić information content (AvgIpc) is 1.77. The zero-order valence-electron chi connectivity index (χ0n) is 5.72. The molecule has 1 aliphatic rings. The topological polar surface area (TPSA) is 0 Å². The van der Waals surface area contributed by atoms with E-state index in [2.05, 4.69) is 26.9 Å². The maximum Gasteiger partial charge on any atom is 0.110 e. The molecule has 0 radical (unpaired) electrons. The van der Waals surface area contributed by atoms with E-state index in [0.29, 0.717) is 0 Å². The third kappa shape index (κ3) is 1.39. The molecule has 0 spiro atoms. The van der Waals surface area contributed by atoms with E-state index in [0.717, 1.165) is 11.7 Å². The van der Waals surface area contributed by atoms with Gasteiger partial charge in [0.1, 0.15) is 7.85 Å². The molecule has 0 saturated heterocycles. The molecule has 0 amide bonds. The standard InChI is InChI=1S/C7H13B/c1-6-2-4-7(8)5-3-6/h2,4,6-7H,3,5,8H2,1H3/t6-,7+/m0/s1. The summed E-state index contributed by atoms with van der Waals surface area (Å²) in [5.41, 5.74) is 0. The lowest BCUT2D eigenvalue weighted by Crippen LogP contribution is -2.00. The Bertz CT molecular complexity index is 84.6. The molecule has 0 aromatic rings. The van der Waals surface area contributed by atoms with Gasteiger partial charge in [-0.2, -0.15) is 0 Å². The summed E-state index contributed by atoms with van der Waals surface area (Å²) in [7, 11) is 2.28. The van der Waals surface area contributed by atoms with Crippen LogP contribution >= 0.6 is 0 Å². The number of hydrogen-bond acceptors (Lipinski definition) is 0. The minimum atomic E-state index is 0.839. The molecule has 0 fully saturated rings. The van der Waals surface area contributed by atoms with Crippen LogP contribution in [0.25, 0.3) is 0 Å². The van der Waals surface area contributed by atoms with Gasteiger partial charge in [-0.1, -0.05) is 31.3 Å². The molecule has 8 heavy (non-hydrogen) atoms. The van der Waals surface area contributed by atoms with Crippen LogP contribution in [0.3, 0.4) is 0 Å². The predicted octanol–water partition coefficient (Wildman–Crippen LogP) is 1.39. The highest BCUT2D eigenvalue weighted by molar-refractivity contribution is 6.12. The van der Waals surface area contributed by atoms with Gasteiger partial charge in [-0.05, 0) is 12.3 Å². The van der Waals surface area contributed by atoms with Crippen LogP contribution < -0.4 is 0 Å². The van der Waals surface area contributed by atoms with Crippen molar-refractivity contribution in [2.75, 3.05) is 0 Å². The fraction of sp³-hybridized carbons (Fsp3) is 0.714. The van der Waals surface area contributed by atoms with Gasteiger partial charge in [-0.15, -0.1) is 0 Å². The molecule has 2 atom stereocenters. The molecule has 0 aromatic carbocycles. The van der Waals surface area contributed by atoms with Gasteiger partial charge >= 0.3 is 0 Å². The molecule has 1 heteroatoms. The fourth-order valence-corrected chi connectivity index (χ4v) is 1.10. The van der Waals surface area contributed by atoms with Gasteiger partial charge in [0.15, 0.2) is 0 Å². The van der Waals surface area contributed by atoms with Gasteiger partial charge in [0.05, 0.1) is 0 Å². The van der Waals surface area contributed by atoms with Crippen molar-refractivity contribution < 1.29 is 0 Å². The van der Waals surface area contributed by atoms with Crippen molar-refractivity contribution in [2.45, 2.75) is 25.6 Å². The van der Waals surface area contributed by atoms with Gasteiger partial charge in [-0.25, -0.2) is 0 Å². The fourth-order valence-electron chi connectivity index (χ4n) is 1.10. The second-order valence-corrected chi connectivity index (χ2v) is 2.92.